The number of nitrogens with two attached hydrogens (primary N) is 1. The number of thiazole rings is 2. The Bertz CT molecular complexity index is 614. The Morgan fingerprint density at radius 3 is 2.70 bits per heavy atom. The summed E-state index contributed by atoms with van der Waals surface area (Å²) >= 11 is 3.25. The fraction of sp³-hybridized carbons (Fsp3) is 0.538. The summed E-state index contributed by atoms with van der Waals surface area (Å²) in [5, 5.41) is 3.78. The van der Waals surface area contributed by atoms with Crippen molar-refractivity contribution in [2.75, 3.05) is 36.9 Å². The average molecular weight is 308 g/mol. The molecule has 0 unspecified atom stereocenters. The van der Waals surface area contributed by atoms with Crippen molar-refractivity contribution >= 4 is 32.9 Å². The molecule has 2 aliphatic rings. The molecule has 0 amide bonds. The van der Waals surface area contributed by atoms with Gasteiger partial charge in [-0.15, -0.1) is 11.3 Å². The molecule has 0 spiro atoms. The van der Waals surface area contributed by atoms with Gasteiger partial charge >= 0.3 is 0 Å². The third-order valence-corrected chi connectivity index (χ3v) is 5.47. The van der Waals surface area contributed by atoms with Gasteiger partial charge in [-0.25, -0.2) is 9.97 Å². The second-order valence-electron chi connectivity index (χ2n) is 5.16. The lowest BCUT2D eigenvalue weighted by molar-refractivity contribution is 0.122. The van der Waals surface area contributed by atoms with Crippen molar-refractivity contribution < 1.29 is 4.74 Å². The van der Waals surface area contributed by atoms with Crippen LogP contribution in [0.15, 0.2) is 5.38 Å². The van der Waals surface area contributed by atoms with E-state index in [4.69, 9.17) is 15.5 Å². The van der Waals surface area contributed by atoms with Crippen LogP contribution in [0.4, 0.5) is 10.3 Å². The number of nitrogens with zero attached hydrogens (tertiary/aromatic N) is 3. The lowest BCUT2D eigenvalue weighted by Gasteiger charge is -2.26. The Kier molecular flexibility index (Phi) is 3.13. The number of rotatable bonds is 3. The summed E-state index contributed by atoms with van der Waals surface area (Å²) in [6.07, 6.45) is 2.50. The van der Waals surface area contributed by atoms with Crippen LogP contribution in [0.25, 0.3) is 10.6 Å². The van der Waals surface area contributed by atoms with Crippen molar-refractivity contribution in [1.29, 1.82) is 0 Å². The van der Waals surface area contributed by atoms with Crippen molar-refractivity contribution in [1.82, 2.24) is 9.97 Å². The molecule has 4 rings (SSSR count). The molecule has 3 heterocycles. The first-order valence-corrected chi connectivity index (χ1v) is 8.55. The van der Waals surface area contributed by atoms with Crippen LogP contribution in [0.2, 0.25) is 0 Å². The fourth-order valence-electron chi connectivity index (χ4n) is 2.42. The Morgan fingerprint density at radius 2 is 2.05 bits per heavy atom. The fourth-order valence-corrected chi connectivity index (χ4v) is 4.21. The predicted octanol–water partition coefficient (Wildman–Crippen LogP) is 2.56. The largest absolute Gasteiger partial charge is 0.378 e. The summed E-state index contributed by atoms with van der Waals surface area (Å²) < 4.78 is 5.41. The highest BCUT2D eigenvalue weighted by atomic mass is 32.1. The van der Waals surface area contributed by atoms with E-state index in [2.05, 4.69) is 9.88 Å². The topological polar surface area (TPSA) is 64.3 Å². The van der Waals surface area contributed by atoms with E-state index < -0.39 is 0 Å². The van der Waals surface area contributed by atoms with Gasteiger partial charge in [0.25, 0.3) is 0 Å². The molecule has 7 heteroatoms. The Balaban J connectivity index is 1.71. The van der Waals surface area contributed by atoms with Gasteiger partial charge in [0, 0.05) is 24.4 Å². The second-order valence-corrected chi connectivity index (χ2v) is 7.02. The van der Waals surface area contributed by atoms with Gasteiger partial charge in [0.05, 0.1) is 29.5 Å². The van der Waals surface area contributed by atoms with Crippen LogP contribution < -0.4 is 10.6 Å². The summed E-state index contributed by atoms with van der Waals surface area (Å²) in [7, 11) is 0. The van der Waals surface area contributed by atoms with Crippen LogP contribution in [-0.2, 0) is 4.74 Å². The summed E-state index contributed by atoms with van der Waals surface area (Å²) in [5.41, 5.74) is 7.99. The predicted molar refractivity (Wildman–Crippen MR) is 82.6 cm³/mol. The molecule has 1 saturated carbocycles. The monoisotopic (exact) mass is 308 g/mol. The number of hydrogen-bond donors (Lipinski definition) is 1. The van der Waals surface area contributed by atoms with E-state index in [0.717, 1.165) is 37.1 Å². The molecule has 1 aliphatic carbocycles. The maximum absolute atomic E-state index is 5.77. The summed E-state index contributed by atoms with van der Waals surface area (Å²) in [6, 6.07) is 0. The number of nitrogen functional groups attached to an aromatic ring is 1. The molecule has 2 N–H and O–H groups in total. The molecule has 2 aromatic heterocycles. The summed E-state index contributed by atoms with van der Waals surface area (Å²) in [5.74, 6) is 0.624. The molecule has 1 saturated heterocycles. The molecule has 5 nitrogen and oxygen atoms in total. The zero-order valence-corrected chi connectivity index (χ0v) is 12.7. The Hall–Kier alpha value is -1.18. The van der Waals surface area contributed by atoms with Gasteiger partial charge in [-0.2, -0.15) is 0 Å². The summed E-state index contributed by atoms with van der Waals surface area (Å²) in [6.45, 7) is 3.43. The van der Waals surface area contributed by atoms with E-state index in [-0.39, 0.29) is 0 Å². The minimum Gasteiger partial charge on any atom is -0.378 e. The van der Waals surface area contributed by atoms with Gasteiger partial charge in [0.2, 0.25) is 0 Å². The standard InChI is InChI=1S/C13H16N4OS2/c14-12-15-9(7-19-12)11-10(8-1-2-8)16-13(20-11)17-3-5-18-6-4-17/h7-8H,1-6H2,(H2,14,15). The van der Waals surface area contributed by atoms with Crippen molar-refractivity contribution in [3.05, 3.63) is 11.1 Å². The highest BCUT2D eigenvalue weighted by molar-refractivity contribution is 7.19. The van der Waals surface area contributed by atoms with E-state index in [1.54, 1.807) is 11.3 Å². The number of morpholine rings is 1. The lowest BCUT2D eigenvalue weighted by atomic mass is 10.2. The summed E-state index contributed by atoms with van der Waals surface area (Å²) in [4.78, 5) is 12.9. The van der Waals surface area contributed by atoms with Crippen LogP contribution in [-0.4, -0.2) is 36.3 Å². The van der Waals surface area contributed by atoms with Gasteiger partial charge in [0.15, 0.2) is 10.3 Å². The van der Waals surface area contributed by atoms with Gasteiger partial charge < -0.3 is 15.4 Å². The first-order chi connectivity index (χ1) is 9.81. The lowest BCUT2D eigenvalue weighted by Crippen LogP contribution is -2.36. The van der Waals surface area contributed by atoms with Crippen LogP contribution in [0, 0.1) is 0 Å². The van der Waals surface area contributed by atoms with Crippen LogP contribution in [0.1, 0.15) is 24.5 Å². The normalized spacial score (nSPS) is 19.5. The van der Waals surface area contributed by atoms with Gasteiger partial charge in [0.1, 0.15) is 0 Å². The molecule has 0 atom stereocenters. The molecule has 2 fully saturated rings. The maximum Gasteiger partial charge on any atom is 0.186 e. The molecule has 1 aliphatic heterocycles. The average Bonchev–Trinajstić information content (AvgIpc) is 3.08. The van der Waals surface area contributed by atoms with Gasteiger partial charge in [-0.3, -0.25) is 0 Å². The molecular weight excluding hydrogens is 292 g/mol. The van der Waals surface area contributed by atoms with E-state index in [1.807, 2.05) is 5.38 Å². The van der Waals surface area contributed by atoms with Gasteiger partial charge in [-0.1, -0.05) is 11.3 Å². The number of hydrogen-bond acceptors (Lipinski definition) is 7. The van der Waals surface area contributed by atoms with Crippen molar-refractivity contribution in [2.24, 2.45) is 0 Å². The van der Waals surface area contributed by atoms with Crippen molar-refractivity contribution in [3.63, 3.8) is 0 Å². The molecule has 0 bridgehead atoms. The Morgan fingerprint density at radius 1 is 1.25 bits per heavy atom. The molecule has 20 heavy (non-hydrogen) atoms. The van der Waals surface area contributed by atoms with Crippen LogP contribution in [0.3, 0.4) is 0 Å². The van der Waals surface area contributed by atoms with E-state index in [0.29, 0.717) is 11.0 Å². The first kappa shape index (κ1) is 12.6. The minimum atomic E-state index is 0.624. The molecule has 2 aromatic rings. The van der Waals surface area contributed by atoms with Crippen molar-refractivity contribution in [2.45, 2.75) is 18.8 Å². The third-order valence-electron chi connectivity index (χ3n) is 3.64. The first-order valence-electron chi connectivity index (χ1n) is 6.86. The second kappa shape index (κ2) is 4.98. The number of aromatic nitrogens is 2. The van der Waals surface area contributed by atoms with Crippen LogP contribution in [0.5, 0.6) is 0 Å². The highest BCUT2D eigenvalue weighted by Crippen LogP contribution is 2.48. The number of anilines is 2. The van der Waals surface area contributed by atoms with Crippen molar-refractivity contribution in [3.8, 4) is 10.6 Å². The molecule has 0 radical (unpaired) electrons. The molecule has 106 valence electrons. The molecular formula is C13H16N4OS2. The number of ether oxygens (including phenoxy) is 1. The SMILES string of the molecule is Nc1nc(-c2sc(N3CCOCC3)nc2C2CC2)cs1. The third kappa shape index (κ3) is 2.30. The molecule has 0 aromatic carbocycles. The zero-order chi connectivity index (χ0) is 13.5. The Labute approximate surface area is 125 Å². The quantitative estimate of drug-likeness (QED) is 0.944. The van der Waals surface area contributed by atoms with E-state index in [1.165, 1.54) is 34.7 Å². The zero-order valence-electron chi connectivity index (χ0n) is 11.0. The van der Waals surface area contributed by atoms with Crippen LogP contribution >= 0.6 is 22.7 Å². The van der Waals surface area contributed by atoms with E-state index in [9.17, 15) is 0 Å². The minimum absolute atomic E-state index is 0.624. The van der Waals surface area contributed by atoms with E-state index >= 15 is 0 Å². The maximum atomic E-state index is 5.77. The smallest absolute Gasteiger partial charge is 0.186 e. The highest BCUT2D eigenvalue weighted by Gasteiger charge is 2.32. The van der Waals surface area contributed by atoms with Gasteiger partial charge in [-0.05, 0) is 12.8 Å².